The van der Waals surface area contributed by atoms with E-state index < -0.39 is 6.09 Å². The van der Waals surface area contributed by atoms with Crippen LogP contribution in [0.1, 0.15) is 36.0 Å². The highest BCUT2D eigenvalue weighted by atomic mass is 16.5. The van der Waals surface area contributed by atoms with Crippen molar-refractivity contribution in [2.75, 3.05) is 6.61 Å². The average Bonchev–Trinajstić information content (AvgIpc) is 1.87. The monoisotopic (exact) mass is 163 g/mol. The fourth-order valence-corrected chi connectivity index (χ4v) is 0.288. The van der Waals surface area contributed by atoms with Crippen molar-refractivity contribution >= 4 is 6.09 Å². The van der Waals surface area contributed by atoms with Gasteiger partial charge in [0.25, 0.3) is 0 Å². The molecule has 0 radical (unpaired) electrons. The van der Waals surface area contributed by atoms with Gasteiger partial charge in [-0.25, -0.2) is 4.79 Å². The lowest BCUT2D eigenvalue weighted by atomic mass is 9.99. The summed E-state index contributed by atoms with van der Waals surface area (Å²) in [6, 6.07) is 0. The maximum absolute atomic E-state index is 10.0. The van der Waals surface area contributed by atoms with Gasteiger partial charge in [-0.2, -0.15) is 0 Å². The quantitative estimate of drug-likeness (QED) is 0.645. The van der Waals surface area contributed by atoms with Gasteiger partial charge in [0.2, 0.25) is 0 Å². The second-order valence-electron chi connectivity index (χ2n) is 3.17. The fraction of sp³-hybridized carbons (Fsp3) is 0.875. The molecule has 0 saturated heterocycles. The first-order chi connectivity index (χ1) is 4.92. The van der Waals surface area contributed by atoms with E-state index in [1.807, 2.05) is 34.6 Å². The van der Waals surface area contributed by atoms with Crippen molar-refractivity contribution in [1.29, 1.82) is 0 Å². The van der Waals surface area contributed by atoms with E-state index in [-0.39, 0.29) is 6.84 Å². The van der Waals surface area contributed by atoms with E-state index in [0.29, 0.717) is 6.61 Å². The first kappa shape index (κ1) is 12.9. The largest absolute Gasteiger partial charge is 0.449 e. The van der Waals surface area contributed by atoms with Crippen molar-refractivity contribution in [3.63, 3.8) is 0 Å². The molecule has 0 rings (SSSR count). The van der Waals surface area contributed by atoms with Crippen LogP contribution in [0.4, 0.5) is 4.79 Å². The molecule has 0 fully saturated rings. The van der Waals surface area contributed by atoms with E-state index in [1.54, 1.807) is 0 Å². The molecule has 0 aromatic heterocycles. The van der Waals surface area contributed by atoms with Crippen LogP contribution in [0.2, 0.25) is 0 Å². The number of hydrogen-bond acceptors (Lipinski definition) is 2. The number of carbonyl (C=O) groups excluding carboxylic acids is 1. The molecule has 2 N–H and O–H groups in total. The Bertz CT molecular complexity index is 110. The molecule has 0 aliphatic carbocycles. The van der Waals surface area contributed by atoms with Crippen LogP contribution in [0.25, 0.3) is 0 Å². The highest BCUT2D eigenvalue weighted by Crippen LogP contribution is 2.12. The van der Waals surface area contributed by atoms with Gasteiger partial charge in [0, 0.05) is 1.43 Å². The van der Waals surface area contributed by atoms with Gasteiger partial charge < -0.3 is 10.5 Å². The lowest BCUT2D eigenvalue weighted by molar-refractivity contribution is 0.114. The zero-order valence-electron chi connectivity index (χ0n) is 8.10. The van der Waals surface area contributed by atoms with Crippen LogP contribution in [0, 0.1) is 5.41 Å². The summed E-state index contributed by atoms with van der Waals surface area (Å²) in [5.41, 5.74) is 4.75. The maximum atomic E-state index is 10.0. The number of rotatable bonds is 1. The second-order valence-corrected chi connectivity index (χ2v) is 3.17. The van der Waals surface area contributed by atoms with Crippen molar-refractivity contribution in [3.8, 4) is 0 Å². The van der Waals surface area contributed by atoms with E-state index in [2.05, 4.69) is 4.74 Å². The first-order valence-electron chi connectivity index (χ1n) is 3.84. The SMILES string of the molecule is CC.CC(C)(C)COC(N)=O.[HH]. The molecule has 0 atom stereocenters. The highest BCUT2D eigenvalue weighted by molar-refractivity contribution is 5.64. The van der Waals surface area contributed by atoms with Crippen molar-refractivity contribution in [2.24, 2.45) is 11.1 Å². The number of amides is 1. The van der Waals surface area contributed by atoms with Gasteiger partial charge in [-0.1, -0.05) is 34.6 Å². The maximum Gasteiger partial charge on any atom is 0.404 e. The van der Waals surface area contributed by atoms with Crippen LogP contribution in [0.5, 0.6) is 0 Å². The van der Waals surface area contributed by atoms with Crippen molar-refractivity contribution in [3.05, 3.63) is 0 Å². The summed E-state index contributed by atoms with van der Waals surface area (Å²) in [7, 11) is 0. The molecule has 1 amide bonds. The third-order valence-electron chi connectivity index (χ3n) is 0.647. The molecule has 0 unspecified atom stereocenters. The topological polar surface area (TPSA) is 52.3 Å². The fourth-order valence-electron chi connectivity index (χ4n) is 0.288. The summed E-state index contributed by atoms with van der Waals surface area (Å²) in [5.74, 6) is 0. The number of carbonyl (C=O) groups is 1. The molecule has 0 saturated carbocycles. The van der Waals surface area contributed by atoms with E-state index in [4.69, 9.17) is 5.73 Å². The minimum Gasteiger partial charge on any atom is -0.449 e. The van der Waals surface area contributed by atoms with Gasteiger partial charge in [-0.3, -0.25) is 0 Å². The molecule has 0 aliphatic heterocycles. The summed E-state index contributed by atoms with van der Waals surface area (Å²) in [5, 5.41) is 0. The van der Waals surface area contributed by atoms with E-state index in [1.165, 1.54) is 0 Å². The Morgan fingerprint density at radius 1 is 1.45 bits per heavy atom. The number of hydrogen-bond donors (Lipinski definition) is 1. The van der Waals surface area contributed by atoms with Gasteiger partial charge >= 0.3 is 6.09 Å². The molecular formula is C8H21NO2. The summed E-state index contributed by atoms with van der Waals surface area (Å²) >= 11 is 0. The van der Waals surface area contributed by atoms with Gasteiger partial charge in [0.1, 0.15) is 0 Å². The average molecular weight is 163 g/mol. The highest BCUT2D eigenvalue weighted by Gasteiger charge is 2.11. The zero-order chi connectivity index (χ0) is 9.49. The Morgan fingerprint density at radius 2 is 1.82 bits per heavy atom. The van der Waals surface area contributed by atoms with E-state index >= 15 is 0 Å². The molecule has 0 aromatic carbocycles. The van der Waals surface area contributed by atoms with Crippen molar-refractivity contribution in [2.45, 2.75) is 34.6 Å². The Hall–Kier alpha value is -0.730. The minimum absolute atomic E-state index is 0. The Balaban J connectivity index is -0.000000249. The van der Waals surface area contributed by atoms with Crippen molar-refractivity contribution in [1.82, 2.24) is 0 Å². The third kappa shape index (κ3) is 17.6. The minimum atomic E-state index is -0.704. The molecular weight excluding hydrogens is 142 g/mol. The van der Waals surface area contributed by atoms with E-state index in [0.717, 1.165) is 0 Å². The second kappa shape index (κ2) is 6.01. The summed E-state index contributed by atoms with van der Waals surface area (Å²) in [6.45, 7) is 10.3. The van der Waals surface area contributed by atoms with E-state index in [9.17, 15) is 4.79 Å². The molecule has 3 heteroatoms. The predicted octanol–water partition coefficient (Wildman–Crippen LogP) is 2.40. The Labute approximate surface area is 70.4 Å². The molecule has 0 spiro atoms. The molecule has 0 bridgehead atoms. The number of ether oxygens (including phenoxy) is 1. The first-order valence-corrected chi connectivity index (χ1v) is 3.84. The van der Waals surface area contributed by atoms with Crippen LogP contribution in [-0.2, 0) is 4.74 Å². The summed E-state index contributed by atoms with van der Waals surface area (Å²) in [6.07, 6.45) is -0.704. The Kier molecular flexibility index (Phi) is 7.05. The van der Waals surface area contributed by atoms with Crippen LogP contribution in [-0.4, -0.2) is 12.7 Å². The molecule has 0 heterocycles. The predicted molar refractivity (Wildman–Crippen MR) is 48.5 cm³/mol. The van der Waals surface area contributed by atoms with Crippen LogP contribution in [0.15, 0.2) is 0 Å². The standard InChI is InChI=1S/C6H13NO2.C2H6.H2/c1-6(2,3)4-9-5(7)8;1-2;/h4H2,1-3H3,(H2,7,8);1-2H3;1H. The van der Waals surface area contributed by atoms with Gasteiger partial charge in [-0.15, -0.1) is 0 Å². The lowest BCUT2D eigenvalue weighted by Gasteiger charge is -2.16. The molecule has 70 valence electrons. The van der Waals surface area contributed by atoms with Crippen LogP contribution >= 0.6 is 0 Å². The summed E-state index contributed by atoms with van der Waals surface area (Å²) < 4.78 is 4.55. The number of primary amides is 1. The molecule has 3 nitrogen and oxygen atoms in total. The van der Waals surface area contributed by atoms with Crippen LogP contribution < -0.4 is 5.73 Å². The van der Waals surface area contributed by atoms with Gasteiger partial charge in [0.15, 0.2) is 0 Å². The van der Waals surface area contributed by atoms with Gasteiger partial charge in [0.05, 0.1) is 6.61 Å². The molecule has 0 aromatic rings. The number of nitrogens with two attached hydrogens (primary N) is 1. The molecule has 0 aliphatic rings. The lowest BCUT2D eigenvalue weighted by Crippen LogP contribution is -2.21. The van der Waals surface area contributed by atoms with Crippen LogP contribution in [0.3, 0.4) is 0 Å². The normalized spacial score (nSPS) is 9.55. The van der Waals surface area contributed by atoms with Crippen molar-refractivity contribution < 1.29 is 11.0 Å². The zero-order valence-corrected chi connectivity index (χ0v) is 8.10. The summed E-state index contributed by atoms with van der Waals surface area (Å²) in [4.78, 5) is 10.0. The third-order valence-corrected chi connectivity index (χ3v) is 0.647. The van der Waals surface area contributed by atoms with Gasteiger partial charge in [-0.05, 0) is 5.41 Å². The molecule has 11 heavy (non-hydrogen) atoms. The Morgan fingerprint density at radius 3 is 1.91 bits per heavy atom. The smallest absolute Gasteiger partial charge is 0.404 e.